The topological polar surface area (TPSA) is 49.7 Å². The van der Waals surface area contributed by atoms with Crippen molar-refractivity contribution in [1.29, 1.82) is 0 Å². The first-order valence-corrected chi connectivity index (χ1v) is 7.79. The van der Waals surface area contributed by atoms with Crippen LogP contribution in [0.5, 0.6) is 0 Å². The third-order valence-corrected chi connectivity index (χ3v) is 4.38. The van der Waals surface area contributed by atoms with Crippen molar-refractivity contribution < 1.29 is 22.5 Å². The van der Waals surface area contributed by atoms with Crippen LogP contribution in [0.1, 0.15) is 39.7 Å². The van der Waals surface area contributed by atoms with Crippen LogP contribution in [-0.4, -0.2) is 31.6 Å². The number of alkyl halides is 3. The number of nitrogens with zero attached hydrogens (tertiary/aromatic N) is 1. The number of hydrogen-bond acceptors (Lipinski definition) is 2. The average Bonchev–Trinajstić information content (AvgIpc) is 2.36. The lowest BCUT2D eigenvalue weighted by Crippen LogP contribution is -2.44. The van der Waals surface area contributed by atoms with Gasteiger partial charge in [0.25, 0.3) is 0 Å². The van der Waals surface area contributed by atoms with Crippen molar-refractivity contribution >= 4 is 16.7 Å². The maximum atomic E-state index is 12.9. The van der Waals surface area contributed by atoms with Crippen molar-refractivity contribution in [2.75, 3.05) is 0 Å². The Hall–Kier alpha value is -1.21. The van der Waals surface area contributed by atoms with Gasteiger partial charge in [0, 0.05) is 6.42 Å². The van der Waals surface area contributed by atoms with Crippen LogP contribution in [0, 0.1) is 0 Å². The van der Waals surface area contributed by atoms with Gasteiger partial charge in [-0.15, -0.1) is 0 Å². The maximum Gasteiger partial charge on any atom is 0.417 e. The van der Waals surface area contributed by atoms with Crippen molar-refractivity contribution in [2.45, 2.75) is 50.6 Å². The fourth-order valence-electron chi connectivity index (χ4n) is 1.48. The van der Waals surface area contributed by atoms with Gasteiger partial charge in [-0.05, 0) is 33.3 Å². The maximum absolute atomic E-state index is 12.9. The van der Waals surface area contributed by atoms with E-state index in [4.69, 9.17) is 0 Å². The molecule has 0 heterocycles. The van der Waals surface area contributed by atoms with E-state index in [0.29, 0.717) is 12.5 Å². The molecule has 7 heteroatoms. The Morgan fingerprint density at radius 1 is 1.14 bits per heavy atom. The highest BCUT2D eigenvalue weighted by Crippen LogP contribution is 2.34. The van der Waals surface area contributed by atoms with Crippen LogP contribution in [0.25, 0.3) is 0 Å². The second kappa shape index (κ2) is 6.50. The van der Waals surface area contributed by atoms with E-state index in [1.54, 1.807) is 51.1 Å². The van der Waals surface area contributed by atoms with Gasteiger partial charge < -0.3 is 5.11 Å². The van der Waals surface area contributed by atoms with Gasteiger partial charge in [-0.1, -0.05) is 30.3 Å². The molecular weight excluding hydrogens is 315 g/mol. The monoisotopic (exact) mass is 335 g/mol. The van der Waals surface area contributed by atoms with Gasteiger partial charge in [0.05, 0.1) is 10.5 Å². The molecule has 0 saturated carbocycles. The molecule has 3 nitrogen and oxygen atoms in total. The molecule has 1 rings (SSSR count). The van der Waals surface area contributed by atoms with E-state index in [0.717, 1.165) is 0 Å². The van der Waals surface area contributed by atoms with Crippen molar-refractivity contribution in [3.63, 3.8) is 0 Å². The van der Waals surface area contributed by atoms with Gasteiger partial charge in [-0.25, -0.2) is 4.21 Å². The first-order chi connectivity index (χ1) is 9.84. The molecule has 0 aliphatic heterocycles. The molecule has 0 aliphatic carbocycles. The molecular formula is C15H20F3NO2S. The zero-order valence-corrected chi connectivity index (χ0v) is 13.8. The largest absolute Gasteiger partial charge is 0.417 e. The second-order valence-corrected chi connectivity index (χ2v) is 8.12. The number of rotatable bonds is 4. The van der Waals surface area contributed by atoms with E-state index in [2.05, 4.69) is 4.40 Å². The summed E-state index contributed by atoms with van der Waals surface area (Å²) >= 11 is 0. The minimum Gasteiger partial charge on any atom is -0.380 e. The number of hydrogen-bond donors (Lipinski definition) is 1. The highest BCUT2D eigenvalue weighted by Gasteiger charge is 2.50. The molecule has 0 aliphatic rings. The van der Waals surface area contributed by atoms with E-state index in [9.17, 15) is 22.5 Å². The molecule has 0 bridgehead atoms. The lowest BCUT2D eigenvalue weighted by molar-refractivity contribution is -0.249. The molecule has 22 heavy (non-hydrogen) atoms. The average molecular weight is 335 g/mol. The molecule has 1 N–H and O–H groups in total. The van der Waals surface area contributed by atoms with E-state index in [1.165, 1.54) is 0 Å². The normalized spacial score (nSPS) is 17.9. The summed E-state index contributed by atoms with van der Waals surface area (Å²) in [6.45, 7) is 5.72. The van der Waals surface area contributed by atoms with E-state index >= 15 is 0 Å². The minimum atomic E-state index is -4.80. The van der Waals surface area contributed by atoms with Crippen molar-refractivity contribution in [3.8, 4) is 0 Å². The zero-order valence-electron chi connectivity index (χ0n) is 12.9. The smallest absolute Gasteiger partial charge is 0.380 e. The fourth-order valence-corrected chi connectivity index (χ4v) is 2.12. The molecule has 0 spiro atoms. The quantitative estimate of drug-likeness (QED) is 0.854. The zero-order chi connectivity index (χ0) is 17.2. The summed E-state index contributed by atoms with van der Waals surface area (Å²) in [5.41, 5.74) is -2.56. The molecule has 2 atom stereocenters. The molecule has 124 valence electrons. The summed E-state index contributed by atoms with van der Waals surface area (Å²) in [6, 6.07) is 8.15. The van der Waals surface area contributed by atoms with Gasteiger partial charge >= 0.3 is 6.18 Å². The lowest BCUT2D eigenvalue weighted by Gasteiger charge is -2.27. The van der Waals surface area contributed by atoms with Crippen LogP contribution < -0.4 is 0 Å². The minimum absolute atomic E-state index is 0.0313. The summed E-state index contributed by atoms with van der Waals surface area (Å²) in [5, 5.41) is 9.69. The van der Waals surface area contributed by atoms with Gasteiger partial charge in [0.2, 0.25) is 0 Å². The number of benzene rings is 1. The Morgan fingerprint density at radius 2 is 1.64 bits per heavy atom. The van der Waals surface area contributed by atoms with E-state index in [-0.39, 0.29) is 5.71 Å². The first kappa shape index (κ1) is 18.8. The second-order valence-electron chi connectivity index (χ2n) is 6.21. The van der Waals surface area contributed by atoms with Gasteiger partial charge in [-0.3, -0.25) is 0 Å². The Labute approximate surface area is 130 Å². The Balaban J connectivity index is 3.26. The van der Waals surface area contributed by atoms with Crippen LogP contribution in [-0.2, 0) is 11.0 Å². The van der Waals surface area contributed by atoms with E-state index < -0.39 is 33.9 Å². The predicted molar refractivity (Wildman–Crippen MR) is 82.2 cm³/mol. The summed E-state index contributed by atoms with van der Waals surface area (Å²) < 4.78 is 54.1. The molecule has 1 aromatic rings. The predicted octanol–water partition coefficient (Wildman–Crippen LogP) is 3.64. The SMILES string of the molecule is CC(C)(C)[S@@](=O)/N=C(/C[C@](C)(O)C(F)(F)F)c1ccccc1. The number of halogens is 3. The van der Waals surface area contributed by atoms with Crippen LogP contribution in [0.3, 0.4) is 0 Å². The summed E-state index contributed by atoms with van der Waals surface area (Å²) in [4.78, 5) is 0. The number of aliphatic hydroxyl groups is 1. The summed E-state index contributed by atoms with van der Waals surface area (Å²) in [7, 11) is -1.72. The van der Waals surface area contributed by atoms with Crippen molar-refractivity contribution in [2.24, 2.45) is 4.40 Å². The lowest BCUT2D eigenvalue weighted by atomic mass is 9.94. The molecule has 0 saturated heterocycles. The highest BCUT2D eigenvalue weighted by molar-refractivity contribution is 7.85. The molecule has 0 fully saturated rings. The molecule has 0 aromatic heterocycles. The van der Waals surface area contributed by atoms with Crippen LogP contribution >= 0.6 is 0 Å². The van der Waals surface area contributed by atoms with Crippen molar-refractivity contribution in [3.05, 3.63) is 35.9 Å². The fraction of sp³-hybridized carbons (Fsp3) is 0.533. The summed E-state index contributed by atoms with van der Waals surface area (Å²) in [5.74, 6) is 0. The Morgan fingerprint density at radius 3 is 2.05 bits per heavy atom. The highest BCUT2D eigenvalue weighted by atomic mass is 32.2. The standard InChI is InChI=1S/C15H20F3NO2S/c1-13(2,3)22(21)19-12(11-8-6-5-7-9-11)10-14(4,20)15(16,17)18/h5-9,20H,10H2,1-4H3/b19-12-/t14-,22+/m0/s1. The first-order valence-electron chi connectivity index (χ1n) is 6.69. The Bertz CT molecular complexity index is 560. The Kier molecular flexibility index (Phi) is 5.56. The van der Waals surface area contributed by atoms with Crippen LogP contribution in [0.4, 0.5) is 13.2 Å². The van der Waals surface area contributed by atoms with Crippen molar-refractivity contribution in [1.82, 2.24) is 0 Å². The third-order valence-electron chi connectivity index (χ3n) is 2.95. The van der Waals surface area contributed by atoms with Crippen LogP contribution in [0.2, 0.25) is 0 Å². The van der Waals surface area contributed by atoms with Gasteiger partial charge in [0.1, 0.15) is 11.0 Å². The molecule has 0 radical (unpaired) electrons. The third kappa shape index (κ3) is 4.91. The molecule has 0 unspecified atom stereocenters. The van der Waals surface area contributed by atoms with Crippen LogP contribution in [0.15, 0.2) is 34.7 Å². The molecule has 1 aromatic carbocycles. The van der Waals surface area contributed by atoms with E-state index in [1.807, 2.05) is 0 Å². The van der Waals surface area contributed by atoms with Gasteiger partial charge in [0.15, 0.2) is 5.60 Å². The summed E-state index contributed by atoms with van der Waals surface area (Å²) in [6.07, 6.45) is -5.56. The molecule has 0 amide bonds. The van der Waals surface area contributed by atoms with Gasteiger partial charge in [-0.2, -0.15) is 17.6 Å².